The number of rotatable bonds is 4. The lowest BCUT2D eigenvalue weighted by Crippen LogP contribution is -2.16. The van der Waals surface area contributed by atoms with Crippen molar-refractivity contribution < 1.29 is 0 Å². The molecule has 0 amide bonds. The van der Waals surface area contributed by atoms with Crippen molar-refractivity contribution in [3.8, 4) is 12.3 Å². The molecule has 0 bridgehead atoms. The zero-order valence-electron chi connectivity index (χ0n) is 11.3. The van der Waals surface area contributed by atoms with E-state index in [4.69, 9.17) is 6.42 Å². The van der Waals surface area contributed by atoms with Gasteiger partial charge in [-0.3, -0.25) is 9.36 Å². The summed E-state index contributed by atoms with van der Waals surface area (Å²) in [6.45, 7) is 0.406. The summed E-state index contributed by atoms with van der Waals surface area (Å²) >= 11 is 2.70. The van der Waals surface area contributed by atoms with Gasteiger partial charge in [-0.05, 0) is 12.1 Å². The molecule has 106 valence electrons. The van der Waals surface area contributed by atoms with E-state index in [-0.39, 0.29) is 4.87 Å². The largest absolute Gasteiger partial charge is 0.308 e. The van der Waals surface area contributed by atoms with Crippen molar-refractivity contribution in [1.82, 2.24) is 19.3 Å². The van der Waals surface area contributed by atoms with Gasteiger partial charge < -0.3 is 4.57 Å². The Balaban J connectivity index is 1.96. The second-order valence-corrected chi connectivity index (χ2v) is 6.31. The molecular weight excluding hydrogens is 304 g/mol. The molecule has 0 unspecified atom stereocenters. The number of nitrogens with zero attached hydrogens (tertiary/aromatic N) is 4. The fourth-order valence-corrected chi connectivity index (χ4v) is 3.52. The molecule has 7 heteroatoms. The molecule has 0 saturated carbocycles. The number of thiazole rings is 1. The summed E-state index contributed by atoms with van der Waals surface area (Å²) < 4.78 is 4.58. The maximum atomic E-state index is 12.1. The van der Waals surface area contributed by atoms with Crippen molar-refractivity contribution in [2.24, 2.45) is 7.05 Å². The summed E-state index contributed by atoms with van der Waals surface area (Å²) in [6, 6.07) is 7.75. The van der Waals surface area contributed by atoms with Crippen LogP contribution in [-0.4, -0.2) is 25.1 Å². The van der Waals surface area contributed by atoms with Crippen LogP contribution < -0.4 is 4.87 Å². The van der Waals surface area contributed by atoms with Crippen molar-refractivity contribution >= 4 is 33.3 Å². The zero-order valence-corrected chi connectivity index (χ0v) is 12.9. The second kappa shape index (κ2) is 5.76. The van der Waals surface area contributed by atoms with Crippen LogP contribution in [0.2, 0.25) is 0 Å². The van der Waals surface area contributed by atoms with E-state index in [2.05, 4.69) is 16.1 Å². The number of para-hydroxylation sites is 1. The number of terminal acetylenes is 1. The van der Waals surface area contributed by atoms with Crippen LogP contribution in [0.4, 0.5) is 0 Å². The van der Waals surface area contributed by atoms with Crippen molar-refractivity contribution in [3.05, 3.63) is 39.8 Å². The first kappa shape index (κ1) is 13.9. The number of benzene rings is 1. The smallest absolute Gasteiger partial charge is 0.308 e. The van der Waals surface area contributed by atoms with E-state index in [1.807, 2.05) is 35.9 Å². The van der Waals surface area contributed by atoms with Gasteiger partial charge in [-0.2, -0.15) is 0 Å². The Morgan fingerprint density at radius 3 is 3.00 bits per heavy atom. The molecule has 0 spiro atoms. The van der Waals surface area contributed by atoms with Crippen molar-refractivity contribution in [2.45, 2.75) is 11.7 Å². The normalized spacial score (nSPS) is 10.9. The van der Waals surface area contributed by atoms with Gasteiger partial charge in [-0.25, -0.2) is 0 Å². The Morgan fingerprint density at radius 2 is 2.19 bits per heavy atom. The zero-order chi connectivity index (χ0) is 14.8. The van der Waals surface area contributed by atoms with Crippen LogP contribution in [0.15, 0.2) is 34.2 Å². The molecule has 3 rings (SSSR count). The van der Waals surface area contributed by atoms with Crippen LogP contribution in [0.3, 0.4) is 0 Å². The van der Waals surface area contributed by atoms with Gasteiger partial charge in [0.2, 0.25) is 0 Å². The SMILES string of the molecule is C#CCSc1nnc(Cn2c(=O)sc3ccccc32)n1C. The topological polar surface area (TPSA) is 52.7 Å². The number of hydrogen-bond acceptors (Lipinski definition) is 5. The van der Waals surface area contributed by atoms with Crippen LogP contribution in [0, 0.1) is 12.3 Å². The summed E-state index contributed by atoms with van der Waals surface area (Å²) in [5, 5.41) is 9.03. The maximum Gasteiger partial charge on any atom is 0.308 e. The molecule has 1 aromatic carbocycles. The summed E-state index contributed by atoms with van der Waals surface area (Å²) in [7, 11) is 1.88. The predicted octanol–water partition coefficient (Wildman–Crippen LogP) is 1.97. The molecule has 2 heterocycles. The molecule has 0 aliphatic carbocycles. The fraction of sp³-hybridized carbons (Fsp3) is 0.214. The molecule has 5 nitrogen and oxygen atoms in total. The van der Waals surface area contributed by atoms with Crippen molar-refractivity contribution in [3.63, 3.8) is 0 Å². The highest BCUT2D eigenvalue weighted by Crippen LogP contribution is 2.19. The van der Waals surface area contributed by atoms with Crippen LogP contribution in [0.1, 0.15) is 5.82 Å². The number of hydrogen-bond donors (Lipinski definition) is 0. The Labute approximate surface area is 129 Å². The highest BCUT2D eigenvalue weighted by Gasteiger charge is 2.13. The van der Waals surface area contributed by atoms with Gasteiger partial charge in [0.05, 0.1) is 22.5 Å². The predicted molar refractivity (Wildman–Crippen MR) is 85.7 cm³/mol. The monoisotopic (exact) mass is 316 g/mol. The average molecular weight is 316 g/mol. The van der Waals surface area contributed by atoms with E-state index in [9.17, 15) is 4.79 Å². The third-order valence-electron chi connectivity index (χ3n) is 3.08. The van der Waals surface area contributed by atoms with Gasteiger partial charge in [0.25, 0.3) is 0 Å². The van der Waals surface area contributed by atoms with E-state index in [0.29, 0.717) is 12.3 Å². The van der Waals surface area contributed by atoms with Crippen molar-refractivity contribution in [2.75, 3.05) is 5.75 Å². The number of thioether (sulfide) groups is 1. The maximum absolute atomic E-state index is 12.1. The summed E-state index contributed by atoms with van der Waals surface area (Å²) in [5.41, 5.74) is 0.924. The van der Waals surface area contributed by atoms with Gasteiger partial charge in [0.1, 0.15) is 0 Å². The van der Waals surface area contributed by atoms with Gasteiger partial charge >= 0.3 is 4.87 Å². The quantitative estimate of drug-likeness (QED) is 0.545. The van der Waals surface area contributed by atoms with Gasteiger partial charge in [0, 0.05) is 7.05 Å². The highest BCUT2D eigenvalue weighted by molar-refractivity contribution is 7.99. The van der Waals surface area contributed by atoms with Crippen LogP contribution in [0.25, 0.3) is 10.2 Å². The Bertz CT molecular complexity index is 884. The lowest BCUT2D eigenvalue weighted by Gasteiger charge is -2.04. The molecule has 2 aromatic heterocycles. The summed E-state index contributed by atoms with van der Waals surface area (Å²) in [6.07, 6.45) is 5.25. The number of fused-ring (bicyclic) bond motifs is 1. The molecule has 0 aliphatic heterocycles. The van der Waals surface area contributed by atoms with Crippen LogP contribution in [-0.2, 0) is 13.6 Å². The third kappa shape index (κ3) is 2.60. The fourth-order valence-electron chi connectivity index (χ4n) is 2.02. The Morgan fingerprint density at radius 1 is 1.38 bits per heavy atom. The van der Waals surface area contributed by atoms with E-state index < -0.39 is 0 Å². The Kier molecular flexibility index (Phi) is 3.82. The van der Waals surface area contributed by atoms with Gasteiger partial charge in [-0.1, -0.05) is 41.2 Å². The lowest BCUT2D eigenvalue weighted by atomic mass is 10.3. The molecule has 0 N–H and O–H groups in total. The molecule has 21 heavy (non-hydrogen) atoms. The first-order chi connectivity index (χ1) is 10.2. The van der Waals surface area contributed by atoms with E-state index in [1.165, 1.54) is 23.1 Å². The standard InChI is InChI=1S/C14H12N4OS2/c1-3-8-20-13-16-15-12(17(13)2)9-18-10-6-4-5-7-11(10)21-14(18)19/h1,4-7H,8-9H2,2H3. The summed E-state index contributed by atoms with van der Waals surface area (Å²) in [5.74, 6) is 3.85. The third-order valence-corrected chi connectivity index (χ3v) is 4.97. The van der Waals surface area contributed by atoms with Crippen molar-refractivity contribution in [1.29, 1.82) is 0 Å². The minimum Gasteiger partial charge on any atom is -0.308 e. The molecule has 0 aliphatic rings. The minimum absolute atomic E-state index is 0.0111. The summed E-state index contributed by atoms with van der Waals surface area (Å²) in [4.78, 5) is 12.1. The molecule has 3 aromatic rings. The minimum atomic E-state index is 0.0111. The average Bonchev–Trinajstić information content (AvgIpc) is 2.99. The number of aromatic nitrogens is 4. The van der Waals surface area contributed by atoms with Gasteiger partial charge in [0.15, 0.2) is 11.0 Å². The second-order valence-electron chi connectivity index (χ2n) is 4.37. The van der Waals surface area contributed by atoms with Gasteiger partial charge in [-0.15, -0.1) is 16.6 Å². The van der Waals surface area contributed by atoms with E-state index >= 15 is 0 Å². The lowest BCUT2D eigenvalue weighted by molar-refractivity contribution is 0.682. The molecule has 0 atom stereocenters. The molecule has 0 radical (unpaired) electrons. The Hall–Kier alpha value is -2.04. The first-order valence-electron chi connectivity index (χ1n) is 6.23. The molecule has 0 saturated heterocycles. The highest BCUT2D eigenvalue weighted by atomic mass is 32.2. The van der Waals surface area contributed by atoms with E-state index in [0.717, 1.165) is 21.2 Å². The van der Waals surface area contributed by atoms with E-state index in [1.54, 1.807) is 4.57 Å². The first-order valence-corrected chi connectivity index (χ1v) is 8.04. The molecular formula is C14H12N4OS2. The molecule has 0 fully saturated rings. The van der Waals surface area contributed by atoms with Crippen LogP contribution >= 0.6 is 23.1 Å². The van der Waals surface area contributed by atoms with Crippen LogP contribution in [0.5, 0.6) is 0 Å².